The van der Waals surface area contributed by atoms with Crippen LogP contribution in [0.3, 0.4) is 0 Å². The van der Waals surface area contributed by atoms with E-state index in [9.17, 15) is 4.79 Å². The highest BCUT2D eigenvalue weighted by Crippen LogP contribution is 2.22. The van der Waals surface area contributed by atoms with Gasteiger partial charge in [0.1, 0.15) is 5.75 Å². The monoisotopic (exact) mass is 391 g/mol. The van der Waals surface area contributed by atoms with E-state index in [0.717, 1.165) is 50.5 Å². The van der Waals surface area contributed by atoms with Crippen molar-refractivity contribution in [1.82, 2.24) is 4.90 Å². The van der Waals surface area contributed by atoms with Gasteiger partial charge in [-0.3, -0.25) is 4.79 Å². The maximum Gasteiger partial charge on any atom is 0.278 e. The van der Waals surface area contributed by atoms with Crippen LogP contribution in [0.5, 0.6) is 5.75 Å². The van der Waals surface area contributed by atoms with Crippen molar-refractivity contribution in [2.75, 3.05) is 38.1 Å². The van der Waals surface area contributed by atoms with Crippen molar-refractivity contribution in [3.05, 3.63) is 24.3 Å². The molecule has 0 spiro atoms. The number of carbonyl (C=O) groups is 1. The lowest BCUT2D eigenvalue weighted by Gasteiger charge is -2.45. The molecule has 6 nitrogen and oxygen atoms in total. The molecule has 2 fully saturated rings. The van der Waals surface area contributed by atoms with E-state index in [1.807, 2.05) is 31.2 Å². The first-order valence-corrected chi connectivity index (χ1v) is 10.4. The average molecular weight is 392 g/mol. The van der Waals surface area contributed by atoms with Crippen LogP contribution in [0, 0.1) is 0 Å². The third kappa shape index (κ3) is 4.52. The van der Waals surface area contributed by atoms with Crippen LogP contribution >= 0.6 is 12.2 Å². The molecule has 4 N–H and O–H groups in total. The maximum absolute atomic E-state index is 12.4. The lowest BCUT2D eigenvalue weighted by Crippen LogP contribution is -3.22. The van der Waals surface area contributed by atoms with Crippen LogP contribution in [0.4, 0.5) is 5.69 Å². The molecule has 148 valence electrons. The minimum absolute atomic E-state index is 0.149. The summed E-state index contributed by atoms with van der Waals surface area (Å²) in [6.07, 6.45) is 5.17. The Morgan fingerprint density at radius 2 is 1.85 bits per heavy atom. The Labute approximate surface area is 167 Å². The number of nitrogens with one attached hydrogen (secondary N) is 2. The molecule has 0 aromatic heterocycles. The number of carbonyl (C=O) groups excluding carboxylic acids is 1. The van der Waals surface area contributed by atoms with Crippen LogP contribution in [0.1, 0.15) is 39.0 Å². The number of nitrogens with two attached hydrogens (primary N) is 1. The normalized spacial score (nSPS) is 20.1. The minimum atomic E-state index is -0.425. The number of quaternary nitrogens is 1. The van der Waals surface area contributed by atoms with E-state index in [0.29, 0.717) is 11.7 Å². The number of amides is 1. The molecule has 0 unspecified atom stereocenters. The summed E-state index contributed by atoms with van der Waals surface area (Å²) in [5, 5.41) is 4.00. The number of benzene rings is 1. The number of hydrogen-bond acceptors (Lipinski definition) is 3. The number of primary amides is 1. The van der Waals surface area contributed by atoms with Crippen molar-refractivity contribution in [1.29, 1.82) is 0 Å². The molecular weight excluding hydrogens is 360 g/mol. The number of piperidine rings is 2. The van der Waals surface area contributed by atoms with E-state index in [1.165, 1.54) is 24.2 Å². The summed E-state index contributed by atoms with van der Waals surface area (Å²) >= 11 is 5.60. The van der Waals surface area contributed by atoms with Gasteiger partial charge >= 0.3 is 0 Å². The number of nitrogens with zero attached hydrogens (tertiary/aromatic N) is 1. The molecule has 2 aliphatic rings. The Balaban J connectivity index is 1.58. The molecule has 2 saturated heterocycles. The SMILES string of the molecule is CCOc1ccc(NC(=S)N2CCC(C(N)=O)([NH+]3CCCCC3)CC2)cc1. The Kier molecular flexibility index (Phi) is 6.55. The zero-order chi connectivity index (χ0) is 19.3. The molecule has 2 heterocycles. The number of likely N-dealkylation sites (tertiary alicyclic amines) is 2. The highest BCUT2D eigenvalue weighted by molar-refractivity contribution is 7.80. The van der Waals surface area contributed by atoms with Gasteiger partial charge in [0.2, 0.25) is 0 Å². The van der Waals surface area contributed by atoms with Gasteiger partial charge in [0, 0.05) is 31.6 Å². The molecule has 0 atom stereocenters. The Morgan fingerprint density at radius 3 is 2.41 bits per heavy atom. The largest absolute Gasteiger partial charge is 0.494 e. The van der Waals surface area contributed by atoms with Crippen LogP contribution < -0.4 is 20.7 Å². The Morgan fingerprint density at radius 1 is 1.22 bits per heavy atom. The number of ether oxygens (including phenoxy) is 1. The molecule has 1 amide bonds. The van der Waals surface area contributed by atoms with Gasteiger partial charge in [0.15, 0.2) is 10.7 Å². The second-order valence-corrected chi connectivity index (χ2v) is 7.87. The summed E-state index contributed by atoms with van der Waals surface area (Å²) in [4.78, 5) is 15.9. The van der Waals surface area contributed by atoms with E-state index < -0.39 is 5.54 Å². The zero-order valence-corrected chi connectivity index (χ0v) is 16.9. The quantitative estimate of drug-likeness (QED) is 0.658. The lowest BCUT2D eigenvalue weighted by molar-refractivity contribution is -0.948. The number of rotatable bonds is 5. The molecular formula is C20H31N4O2S+. The Bertz CT molecular complexity index is 650. The van der Waals surface area contributed by atoms with Gasteiger partial charge in [-0.15, -0.1) is 0 Å². The molecule has 1 aromatic rings. The van der Waals surface area contributed by atoms with Gasteiger partial charge < -0.3 is 25.6 Å². The van der Waals surface area contributed by atoms with Crippen molar-refractivity contribution in [2.24, 2.45) is 5.73 Å². The predicted octanol–water partition coefficient (Wildman–Crippen LogP) is 1.17. The molecule has 2 aliphatic heterocycles. The molecule has 0 saturated carbocycles. The summed E-state index contributed by atoms with van der Waals surface area (Å²) < 4.78 is 5.47. The molecule has 27 heavy (non-hydrogen) atoms. The molecule has 0 aliphatic carbocycles. The zero-order valence-electron chi connectivity index (χ0n) is 16.1. The summed E-state index contributed by atoms with van der Waals surface area (Å²) in [5.74, 6) is 0.701. The third-order valence-electron chi connectivity index (χ3n) is 5.93. The number of hydrogen-bond donors (Lipinski definition) is 3. The van der Waals surface area contributed by atoms with Gasteiger partial charge in [-0.2, -0.15) is 0 Å². The van der Waals surface area contributed by atoms with Gasteiger partial charge in [-0.1, -0.05) is 0 Å². The van der Waals surface area contributed by atoms with Crippen molar-refractivity contribution in [3.8, 4) is 5.75 Å². The predicted molar refractivity (Wildman–Crippen MR) is 111 cm³/mol. The standard InChI is InChI=1S/C20H30N4O2S/c1-2-26-17-8-6-16(7-9-17)22-19(27)23-14-10-20(11-15-23,18(21)25)24-12-4-3-5-13-24/h6-9H,2-5,10-15H2,1H3,(H2,21,25)(H,22,27)/p+1. The fraction of sp³-hybridized carbons (Fsp3) is 0.600. The van der Waals surface area contributed by atoms with E-state index in [4.69, 9.17) is 22.7 Å². The van der Waals surface area contributed by atoms with E-state index >= 15 is 0 Å². The van der Waals surface area contributed by atoms with Gasteiger partial charge in [-0.25, -0.2) is 0 Å². The van der Waals surface area contributed by atoms with Crippen LogP contribution in [-0.4, -0.2) is 54.2 Å². The molecule has 0 bridgehead atoms. The smallest absolute Gasteiger partial charge is 0.278 e. The fourth-order valence-corrected chi connectivity index (χ4v) is 4.63. The van der Waals surface area contributed by atoms with Crippen LogP contribution in [0.15, 0.2) is 24.3 Å². The average Bonchev–Trinajstić information content (AvgIpc) is 2.70. The second-order valence-electron chi connectivity index (χ2n) is 7.49. The molecule has 1 aromatic carbocycles. The van der Waals surface area contributed by atoms with E-state index in [2.05, 4.69) is 10.2 Å². The van der Waals surface area contributed by atoms with Crippen LogP contribution in [-0.2, 0) is 4.79 Å². The topological polar surface area (TPSA) is 72.0 Å². The highest BCUT2D eigenvalue weighted by Gasteiger charge is 2.49. The lowest BCUT2D eigenvalue weighted by atomic mass is 9.83. The van der Waals surface area contributed by atoms with Crippen molar-refractivity contribution in [2.45, 2.75) is 44.6 Å². The third-order valence-corrected chi connectivity index (χ3v) is 6.29. The first kappa shape index (κ1) is 19.9. The van der Waals surface area contributed by atoms with E-state index in [-0.39, 0.29) is 5.91 Å². The first-order valence-electron chi connectivity index (χ1n) is 9.99. The first-order chi connectivity index (χ1) is 13.0. The summed E-state index contributed by atoms with van der Waals surface area (Å²) in [6.45, 7) is 6.25. The fourth-order valence-electron chi connectivity index (χ4n) is 4.33. The minimum Gasteiger partial charge on any atom is -0.494 e. The van der Waals surface area contributed by atoms with Crippen molar-refractivity contribution in [3.63, 3.8) is 0 Å². The number of anilines is 1. The summed E-state index contributed by atoms with van der Waals surface area (Å²) in [7, 11) is 0. The second kappa shape index (κ2) is 8.89. The van der Waals surface area contributed by atoms with E-state index in [1.54, 1.807) is 0 Å². The van der Waals surface area contributed by atoms with Crippen LogP contribution in [0.2, 0.25) is 0 Å². The molecule has 0 radical (unpaired) electrons. The van der Waals surface area contributed by atoms with Crippen molar-refractivity contribution < 1.29 is 14.4 Å². The van der Waals surface area contributed by atoms with Gasteiger partial charge in [0.05, 0.1) is 19.7 Å². The summed E-state index contributed by atoms with van der Waals surface area (Å²) in [6, 6.07) is 7.80. The van der Waals surface area contributed by atoms with Gasteiger partial charge in [-0.05, 0) is 62.7 Å². The molecule has 7 heteroatoms. The maximum atomic E-state index is 12.4. The van der Waals surface area contributed by atoms with Crippen molar-refractivity contribution >= 4 is 28.9 Å². The highest BCUT2D eigenvalue weighted by atomic mass is 32.1. The van der Waals surface area contributed by atoms with Crippen LogP contribution in [0.25, 0.3) is 0 Å². The molecule has 3 rings (SSSR count). The van der Waals surface area contributed by atoms with Gasteiger partial charge in [0.25, 0.3) is 5.91 Å². The summed E-state index contributed by atoms with van der Waals surface area (Å²) in [5.41, 5.74) is 6.39. The Hall–Kier alpha value is -1.86. The number of thiocarbonyl (C=S) groups is 1.